The van der Waals surface area contributed by atoms with Gasteiger partial charge in [0.25, 0.3) is 0 Å². The van der Waals surface area contributed by atoms with Crippen molar-refractivity contribution in [2.75, 3.05) is 5.32 Å². The van der Waals surface area contributed by atoms with Gasteiger partial charge in [-0.05, 0) is 36.4 Å². The van der Waals surface area contributed by atoms with Crippen LogP contribution in [0, 0.1) is 11.6 Å². The van der Waals surface area contributed by atoms with Gasteiger partial charge in [0.1, 0.15) is 11.6 Å². The van der Waals surface area contributed by atoms with Crippen LogP contribution in [-0.4, -0.2) is 11.1 Å². The summed E-state index contributed by atoms with van der Waals surface area (Å²) in [5.41, 5.74) is 0.117. The minimum atomic E-state index is -1.37. The van der Waals surface area contributed by atoms with E-state index in [0.717, 1.165) is 12.1 Å². The van der Waals surface area contributed by atoms with E-state index < -0.39 is 23.6 Å². The van der Waals surface area contributed by atoms with E-state index in [0.29, 0.717) is 0 Å². The summed E-state index contributed by atoms with van der Waals surface area (Å²) in [6.45, 7) is 0. The van der Waals surface area contributed by atoms with Gasteiger partial charge in [-0.2, -0.15) is 0 Å². The third-order valence-electron chi connectivity index (χ3n) is 2.65. The number of hydrogen-bond donors (Lipinski definition) is 2. The fourth-order valence-electron chi connectivity index (χ4n) is 1.75. The Bertz CT molecular complexity index is 649. The Labute approximate surface area is 118 Å². The number of benzene rings is 2. The van der Waals surface area contributed by atoms with E-state index in [9.17, 15) is 18.7 Å². The van der Waals surface area contributed by atoms with Gasteiger partial charge in [-0.3, -0.25) is 0 Å². The zero-order valence-corrected chi connectivity index (χ0v) is 10.9. The first kappa shape index (κ1) is 14.3. The van der Waals surface area contributed by atoms with E-state index >= 15 is 0 Å². The number of hydrogen-bond acceptors (Lipinski definition) is 2. The van der Waals surface area contributed by atoms with Crippen molar-refractivity contribution in [2.24, 2.45) is 0 Å². The van der Waals surface area contributed by atoms with Crippen LogP contribution in [0.4, 0.5) is 14.5 Å². The highest BCUT2D eigenvalue weighted by atomic mass is 35.5. The third kappa shape index (κ3) is 3.24. The first-order chi connectivity index (χ1) is 9.47. The van der Waals surface area contributed by atoms with Gasteiger partial charge in [0.05, 0.1) is 0 Å². The van der Waals surface area contributed by atoms with Gasteiger partial charge >= 0.3 is 5.97 Å². The Morgan fingerprint density at radius 1 is 1.20 bits per heavy atom. The van der Waals surface area contributed by atoms with Crippen molar-refractivity contribution in [1.29, 1.82) is 0 Å². The molecule has 6 heteroatoms. The molecule has 104 valence electrons. The largest absolute Gasteiger partial charge is 0.479 e. The van der Waals surface area contributed by atoms with Crippen molar-refractivity contribution in [2.45, 2.75) is 6.04 Å². The van der Waals surface area contributed by atoms with Crippen molar-refractivity contribution < 1.29 is 18.7 Å². The van der Waals surface area contributed by atoms with Gasteiger partial charge in [0.15, 0.2) is 6.04 Å². The fourth-order valence-corrected chi connectivity index (χ4v) is 1.93. The minimum Gasteiger partial charge on any atom is -0.479 e. The lowest BCUT2D eigenvalue weighted by molar-refractivity contribution is -0.138. The summed E-state index contributed by atoms with van der Waals surface area (Å²) >= 11 is 5.75. The molecular formula is C14H10ClF2NO2. The van der Waals surface area contributed by atoms with Crippen LogP contribution in [-0.2, 0) is 4.79 Å². The average Bonchev–Trinajstić information content (AvgIpc) is 2.39. The number of halogens is 3. The highest BCUT2D eigenvalue weighted by molar-refractivity contribution is 6.30. The molecule has 20 heavy (non-hydrogen) atoms. The SMILES string of the molecule is O=C(O)C(Nc1cccc(F)c1)c1cc(Cl)ccc1F. The highest BCUT2D eigenvalue weighted by Crippen LogP contribution is 2.25. The Morgan fingerprint density at radius 2 is 1.95 bits per heavy atom. The summed E-state index contributed by atoms with van der Waals surface area (Å²) in [6.07, 6.45) is 0. The van der Waals surface area contributed by atoms with E-state index in [4.69, 9.17) is 11.6 Å². The topological polar surface area (TPSA) is 49.3 Å². The van der Waals surface area contributed by atoms with Crippen LogP contribution in [0.25, 0.3) is 0 Å². The highest BCUT2D eigenvalue weighted by Gasteiger charge is 2.23. The molecule has 1 unspecified atom stereocenters. The second-order valence-electron chi connectivity index (χ2n) is 4.09. The van der Waals surface area contributed by atoms with E-state index in [2.05, 4.69) is 5.32 Å². The number of carboxylic acid groups (broad SMARTS) is 1. The Kier molecular flexibility index (Phi) is 4.20. The molecule has 0 fully saturated rings. The minimum absolute atomic E-state index is 0.116. The van der Waals surface area contributed by atoms with Crippen LogP contribution in [0.5, 0.6) is 0 Å². The van der Waals surface area contributed by atoms with Gasteiger partial charge in [0.2, 0.25) is 0 Å². The maximum absolute atomic E-state index is 13.7. The Balaban J connectivity index is 2.37. The first-order valence-corrected chi connectivity index (χ1v) is 6.05. The average molecular weight is 298 g/mol. The van der Waals surface area contributed by atoms with Crippen molar-refractivity contribution in [1.82, 2.24) is 0 Å². The number of nitrogens with one attached hydrogen (secondary N) is 1. The molecule has 2 aromatic rings. The molecule has 0 saturated carbocycles. The fraction of sp³-hybridized carbons (Fsp3) is 0.0714. The summed E-state index contributed by atoms with van der Waals surface area (Å²) < 4.78 is 26.8. The molecule has 0 aliphatic rings. The number of rotatable bonds is 4. The van der Waals surface area contributed by atoms with Gasteiger partial charge in [0, 0.05) is 16.3 Å². The Morgan fingerprint density at radius 3 is 2.60 bits per heavy atom. The maximum Gasteiger partial charge on any atom is 0.330 e. The van der Waals surface area contributed by atoms with Gasteiger partial charge in [-0.15, -0.1) is 0 Å². The molecule has 0 radical (unpaired) electrons. The van der Waals surface area contributed by atoms with Gasteiger partial charge < -0.3 is 10.4 Å². The van der Waals surface area contributed by atoms with Crippen LogP contribution in [0.3, 0.4) is 0 Å². The molecule has 0 bridgehead atoms. The molecular weight excluding hydrogens is 288 g/mol. The van der Waals surface area contributed by atoms with Crippen LogP contribution in [0.1, 0.15) is 11.6 Å². The molecule has 2 aromatic carbocycles. The quantitative estimate of drug-likeness (QED) is 0.901. The molecule has 2 rings (SSSR count). The standard InChI is InChI=1S/C14H10ClF2NO2/c15-8-4-5-12(17)11(6-8)13(14(19)20)18-10-3-1-2-9(16)7-10/h1-7,13,18H,(H,19,20). The normalized spacial score (nSPS) is 11.9. The Hall–Kier alpha value is -2.14. The third-order valence-corrected chi connectivity index (χ3v) is 2.89. The monoisotopic (exact) mass is 297 g/mol. The molecule has 0 aliphatic heterocycles. The number of aliphatic carboxylic acids is 1. The predicted molar refractivity (Wildman–Crippen MR) is 71.8 cm³/mol. The molecule has 0 heterocycles. The van der Waals surface area contributed by atoms with E-state index in [1.807, 2.05) is 0 Å². The van der Waals surface area contributed by atoms with Crippen LogP contribution in [0.15, 0.2) is 42.5 Å². The van der Waals surface area contributed by atoms with E-state index in [1.165, 1.54) is 30.3 Å². The summed E-state index contributed by atoms with van der Waals surface area (Å²) in [4.78, 5) is 11.3. The van der Waals surface area contributed by atoms with Crippen LogP contribution >= 0.6 is 11.6 Å². The molecule has 0 amide bonds. The lowest BCUT2D eigenvalue weighted by Gasteiger charge is -2.17. The zero-order chi connectivity index (χ0) is 14.7. The summed E-state index contributed by atoms with van der Waals surface area (Å²) in [6, 6.07) is 7.52. The predicted octanol–water partition coefficient (Wildman–Crippen LogP) is 3.86. The molecule has 0 spiro atoms. The zero-order valence-electron chi connectivity index (χ0n) is 10.1. The number of anilines is 1. The molecule has 1 atom stereocenters. The molecule has 0 aromatic heterocycles. The summed E-state index contributed by atoms with van der Waals surface area (Å²) in [7, 11) is 0. The molecule has 0 saturated heterocycles. The van der Waals surface area contributed by atoms with Crippen molar-refractivity contribution in [3.63, 3.8) is 0 Å². The van der Waals surface area contributed by atoms with Crippen molar-refractivity contribution >= 4 is 23.3 Å². The molecule has 3 nitrogen and oxygen atoms in total. The van der Waals surface area contributed by atoms with Crippen LogP contribution < -0.4 is 5.32 Å². The summed E-state index contributed by atoms with van der Waals surface area (Å²) in [5, 5.41) is 12.0. The van der Waals surface area contributed by atoms with Gasteiger partial charge in [-0.25, -0.2) is 13.6 Å². The maximum atomic E-state index is 13.7. The second-order valence-corrected chi connectivity index (χ2v) is 4.53. The second kappa shape index (κ2) is 5.88. The smallest absolute Gasteiger partial charge is 0.330 e. The number of carboxylic acids is 1. The van der Waals surface area contributed by atoms with Gasteiger partial charge in [-0.1, -0.05) is 17.7 Å². The van der Waals surface area contributed by atoms with Crippen molar-refractivity contribution in [3.05, 3.63) is 64.7 Å². The number of carbonyl (C=O) groups is 1. The lowest BCUT2D eigenvalue weighted by atomic mass is 10.1. The molecule has 0 aliphatic carbocycles. The van der Waals surface area contributed by atoms with E-state index in [1.54, 1.807) is 0 Å². The molecule has 2 N–H and O–H groups in total. The lowest BCUT2D eigenvalue weighted by Crippen LogP contribution is -2.21. The first-order valence-electron chi connectivity index (χ1n) is 5.67. The van der Waals surface area contributed by atoms with Crippen molar-refractivity contribution in [3.8, 4) is 0 Å². The van der Waals surface area contributed by atoms with E-state index in [-0.39, 0.29) is 16.3 Å². The summed E-state index contributed by atoms with van der Waals surface area (Å²) in [5.74, 6) is -2.52. The van der Waals surface area contributed by atoms with Crippen LogP contribution in [0.2, 0.25) is 5.02 Å².